The number of Topliss-reactive ketones (excluding diaryl/α,β-unsaturated/α-hetero) is 2. The first kappa shape index (κ1) is 18.6. The van der Waals surface area contributed by atoms with Gasteiger partial charge < -0.3 is 15.3 Å². The van der Waals surface area contributed by atoms with Crippen LogP contribution >= 0.6 is 0 Å². The molecule has 3 N–H and O–H groups in total. The summed E-state index contributed by atoms with van der Waals surface area (Å²) in [5.74, 6) is -0.821. The van der Waals surface area contributed by atoms with Crippen LogP contribution in [-0.2, 0) is 9.59 Å². The molecule has 5 heteroatoms. The lowest BCUT2D eigenvalue weighted by atomic mass is 9.47. The predicted molar refractivity (Wildman–Crippen MR) is 100 cm³/mol. The molecule has 7 atom stereocenters. The topological polar surface area (TPSA) is 94.8 Å². The quantitative estimate of drug-likeness (QED) is 0.632. The molecule has 0 saturated heterocycles. The molecule has 5 nitrogen and oxygen atoms in total. The van der Waals surface area contributed by atoms with Crippen LogP contribution in [-0.4, -0.2) is 26.9 Å². The van der Waals surface area contributed by atoms with E-state index in [4.69, 9.17) is 0 Å². The van der Waals surface area contributed by atoms with Gasteiger partial charge in [-0.3, -0.25) is 9.59 Å². The van der Waals surface area contributed by atoms with Crippen molar-refractivity contribution in [3.63, 3.8) is 0 Å². The zero-order valence-corrected chi connectivity index (χ0v) is 16.6. The van der Waals surface area contributed by atoms with Gasteiger partial charge in [0.15, 0.2) is 5.76 Å². The van der Waals surface area contributed by atoms with Crippen molar-refractivity contribution >= 4 is 11.6 Å². The lowest BCUT2D eigenvalue weighted by Gasteiger charge is -2.57. The summed E-state index contributed by atoms with van der Waals surface area (Å²) < 4.78 is 0. The van der Waals surface area contributed by atoms with Gasteiger partial charge in [0, 0.05) is 5.92 Å². The number of aliphatic hydroxyl groups excluding tert-OH is 3. The first-order valence-corrected chi connectivity index (χ1v) is 10.2. The molecule has 0 aromatic rings. The van der Waals surface area contributed by atoms with Gasteiger partial charge in [-0.25, -0.2) is 0 Å². The summed E-state index contributed by atoms with van der Waals surface area (Å²) in [6, 6.07) is 0. The first-order chi connectivity index (χ1) is 12.5. The highest BCUT2D eigenvalue weighted by atomic mass is 16.3. The number of carbonyl (C=O) groups is 2. The van der Waals surface area contributed by atoms with Crippen molar-refractivity contribution in [2.75, 3.05) is 0 Å². The number of ketones is 2. The van der Waals surface area contributed by atoms with Crippen LogP contribution in [0.4, 0.5) is 0 Å². The fourth-order valence-electron chi connectivity index (χ4n) is 7.72. The zero-order chi connectivity index (χ0) is 19.9. The molecule has 0 amide bonds. The molecule has 0 heterocycles. The second-order valence-electron chi connectivity index (χ2n) is 9.82. The van der Waals surface area contributed by atoms with E-state index in [1.165, 1.54) is 0 Å². The molecule has 148 valence electrons. The highest BCUT2D eigenvalue weighted by Gasteiger charge is 2.63. The Balaban J connectivity index is 1.78. The summed E-state index contributed by atoms with van der Waals surface area (Å²) in [4.78, 5) is 24.5. The van der Waals surface area contributed by atoms with Gasteiger partial charge in [-0.2, -0.15) is 0 Å². The lowest BCUT2D eigenvalue weighted by molar-refractivity contribution is -0.129. The minimum atomic E-state index is -0.899. The molecule has 0 spiro atoms. The van der Waals surface area contributed by atoms with E-state index in [-0.39, 0.29) is 34.6 Å². The van der Waals surface area contributed by atoms with E-state index in [2.05, 4.69) is 13.8 Å². The number of aliphatic hydroxyl groups is 3. The Morgan fingerprint density at radius 3 is 2.37 bits per heavy atom. The Morgan fingerprint density at radius 1 is 1.07 bits per heavy atom. The molecule has 4 rings (SSSR count). The van der Waals surface area contributed by atoms with Gasteiger partial charge in [0.2, 0.25) is 5.76 Å². The molecule has 0 bridgehead atoms. The van der Waals surface area contributed by atoms with Crippen molar-refractivity contribution in [1.82, 2.24) is 0 Å². The van der Waals surface area contributed by atoms with Gasteiger partial charge in [-0.05, 0) is 80.6 Å². The normalized spacial score (nSPS) is 46.8. The van der Waals surface area contributed by atoms with E-state index in [0.29, 0.717) is 29.7 Å². The minimum absolute atomic E-state index is 0.0299. The maximum atomic E-state index is 12.4. The highest BCUT2D eigenvalue weighted by Crippen LogP contribution is 2.68. The van der Waals surface area contributed by atoms with Gasteiger partial charge in [-0.1, -0.05) is 13.8 Å². The molecular weight excluding hydrogens is 344 g/mol. The maximum absolute atomic E-state index is 12.4. The average molecular weight is 374 g/mol. The summed E-state index contributed by atoms with van der Waals surface area (Å²) in [6.45, 7) is 8.00. The van der Waals surface area contributed by atoms with Crippen molar-refractivity contribution in [1.29, 1.82) is 0 Å². The number of fused-ring (bicyclic) bond motifs is 5. The van der Waals surface area contributed by atoms with Crippen molar-refractivity contribution < 1.29 is 24.9 Å². The monoisotopic (exact) mass is 374 g/mol. The van der Waals surface area contributed by atoms with Crippen LogP contribution in [0.25, 0.3) is 0 Å². The van der Waals surface area contributed by atoms with Gasteiger partial charge in [0.05, 0.1) is 5.41 Å². The molecule has 0 aromatic heterocycles. The van der Waals surface area contributed by atoms with Crippen molar-refractivity contribution in [2.24, 2.45) is 40.4 Å². The Bertz CT molecular complexity index is 793. The molecule has 4 aliphatic rings. The van der Waals surface area contributed by atoms with Gasteiger partial charge >= 0.3 is 0 Å². The van der Waals surface area contributed by atoms with E-state index < -0.39 is 17.0 Å². The lowest BCUT2D eigenvalue weighted by Crippen LogP contribution is -2.52. The molecule has 0 aromatic carbocycles. The van der Waals surface area contributed by atoms with Crippen molar-refractivity contribution in [2.45, 2.75) is 59.8 Å². The van der Waals surface area contributed by atoms with Crippen LogP contribution in [0.3, 0.4) is 0 Å². The fraction of sp³-hybridized carbons (Fsp3) is 0.727. The maximum Gasteiger partial charge on any atom is 0.265 e. The number of hydrogen-bond acceptors (Lipinski definition) is 5. The Labute approximate surface area is 160 Å². The third-order valence-corrected chi connectivity index (χ3v) is 8.75. The smallest absolute Gasteiger partial charge is 0.265 e. The molecule has 0 aliphatic heterocycles. The van der Waals surface area contributed by atoms with E-state index in [0.717, 1.165) is 25.7 Å². The summed E-state index contributed by atoms with van der Waals surface area (Å²) in [6.07, 6.45) is 4.08. The molecule has 4 aliphatic carbocycles. The van der Waals surface area contributed by atoms with Crippen LogP contribution in [0.2, 0.25) is 0 Å². The SMILES string of the molecule is CC(=O)[C@H]1[C@H](C)C[C@H]2[C@@H]3CCC4=C(O)C(=O)C(O)=C(O)[C@]4(C)[C@H]3CC[C@@]21C. The van der Waals surface area contributed by atoms with Gasteiger partial charge in [0.1, 0.15) is 11.5 Å². The van der Waals surface area contributed by atoms with Gasteiger partial charge in [0.25, 0.3) is 5.78 Å². The highest BCUT2D eigenvalue weighted by molar-refractivity contribution is 6.07. The van der Waals surface area contributed by atoms with Gasteiger partial charge in [-0.15, -0.1) is 0 Å². The van der Waals surface area contributed by atoms with Crippen LogP contribution in [0, 0.1) is 40.4 Å². The number of hydrogen-bond donors (Lipinski definition) is 3. The van der Waals surface area contributed by atoms with E-state index in [1.807, 2.05) is 6.92 Å². The molecule has 3 fully saturated rings. The summed E-state index contributed by atoms with van der Waals surface area (Å²) in [5.41, 5.74) is -0.358. The molecule has 3 saturated carbocycles. The second-order valence-corrected chi connectivity index (χ2v) is 9.82. The first-order valence-electron chi connectivity index (χ1n) is 10.2. The van der Waals surface area contributed by atoms with Crippen LogP contribution in [0.15, 0.2) is 22.9 Å². The third kappa shape index (κ3) is 2.11. The molecule has 0 unspecified atom stereocenters. The summed E-state index contributed by atoms with van der Waals surface area (Å²) in [7, 11) is 0. The number of allylic oxidation sites excluding steroid dienone is 1. The third-order valence-electron chi connectivity index (χ3n) is 8.75. The summed E-state index contributed by atoms with van der Waals surface area (Å²) >= 11 is 0. The Hall–Kier alpha value is -1.78. The largest absolute Gasteiger partial charge is 0.507 e. The van der Waals surface area contributed by atoms with Crippen molar-refractivity contribution in [3.8, 4) is 0 Å². The number of rotatable bonds is 1. The van der Waals surface area contributed by atoms with Crippen molar-refractivity contribution in [3.05, 3.63) is 22.9 Å². The second kappa shape index (κ2) is 5.62. The predicted octanol–water partition coefficient (Wildman–Crippen LogP) is 4.40. The zero-order valence-electron chi connectivity index (χ0n) is 16.6. The van der Waals surface area contributed by atoms with Crippen LogP contribution in [0.5, 0.6) is 0 Å². The minimum Gasteiger partial charge on any atom is -0.507 e. The Kier molecular flexibility index (Phi) is 3.86. The fourth-order valence-corrected chi connectivity index (χ4v) is 7.72. The van der Waals surface area contributed by atoms with E-state index >= 15 is 0 Å². The molecule has 0 radical (unpaired) electrons. The summed E-state index contributed by atoms with van der Waals surface area (Å²) in [5, 5.41) is 31.3. The van der Waals surface area contributed by atoms with Crippen LogP contribution < -0.4 is 0 Å². The molecular formula is C22H30O5. The average Bonchev–Trinajstić information content (AvgIpc) is 2.88. The van der Waals surface area contributed by atoms with E-state index in [9.17, 15) is 24.9 Å². The number of carbonyl (C=O) groups excluding carboxylic acids is 2. The van der Waals surface area contributed by atoms with Crippen LogP contribution in [0.1, 0.15) is 59.8 Å². The Morgan fingerprint density at radius 2 is 1.74 bits per heavy atom. The standard InChI is InChI=1S/C22H30O5/c1-10-9-15-12-5-6-14-17(24)18(25)19(26)20(27)22(14,4)13(12)7-8-21(15,3)16(10)11(2)23/h10,12-13,15-16,24,26-27H,5-9H2,1-4H3/t10-,12-,13+,15+,16-,21+,22-/m1/s1. The van der Waals surface area contributed by atoms with E-state index in [1.54, 1.807) is 6.92 Å². The molecule has 27 heavy (non-hydrogen) atoms.